The summed E-state index contributed by atoms with van der Waals surface area (Å²) in [6, 6.07) is 11.5. The molecule has 0 bridgehead atoms. The Morgan fingerprint density at radius 3 is 1.83 bits per heavy atom. The third-order valence-electron chi connectivity index (χ3n) is 4.40. The van der Waals surface area contributed by atoms with Crippen LogP contribution in [0.3, 0.4) is 0 Å². The maximum absolute atomic E-state index is 13.0. The second-order valence-corrected chi connectivity index (χ2v) is 9.22. The number of aromatic hydroxyl groups is 2. The first-order valence-corrected chi connectivity index (χ1v) is 10.9. The smallest absolute Gasteiger partial charge is 0.283 e. The average Bonchev–Trinajstić information content (AvgIpc) is 2.63. The number of hydrogen-bond donors (Lipinski definition) is 3. The van der Waals surface area contributed by atoms with Gasteiger partial charge in [0.15, 0.2) is 4.75 Å². The maximum Gasteiger partial charge on any atom is 0.283 e. The molecular formula is C19H12Cl4O5S. The van der Waals surface area contributed by atoms with Crippen molar-refractivity contribution in [3.63, 3.8) is 0 Å². The zero-order valence-corrected chi connectivity index (χ0v) is 18.1. The summed E-state index contributed by atoms with van der Waals surface area (Å²) in [4.78, 5) is 0. The van der Waals surface area contributed by atoms with Gasteiger partial charge in [-0.3, -0.25) is 4.55 Å². The number of rotatable bonds is 4. The van der Waals surface area contributed by atoms with Crippen molar-refractivity contribution in [2.24, 2.45) is 0 Å². The lowest BCUT2D eigenvalue weighted by Gasteiger charge is -2.35. The predicted molar refractivity (Wildman–Crippen MR) is 114 cm³/mol. The lowest BCUT2D eigenvalue weighted by atomic mass is 9.83. The molecule has 1 unspecified atom stereocenters. The molecule has 0 heterocycles. The first kappa shape index (κ1) is 22.0. The SMILES string of the molecule is O=S(=O)(O)C(c1ccc(O)cc1)(c1c(O)cccc1Cl)c1c(Cl)ccc(Cl)c1Cl. The van der Waals surface area contributed by atoms with Crippen molar-refractivity contribution in [3.8, 4) is 11.5 Å². The summed E-state index contributed by atoms with van der Waals surface area (Å²) in [5, 5.41) is 19.6. The molecule has 3 N–H and O–H groups in total. The van der Waals surface area contributed by atoms with Crippen LogP contribution in [0.4, 0.5) is 0 Å². The third kappa shape index (κ3) is 3.54. The molecule has 0 amide bonds. The van der Waals surface area contributed by atoms with E-state index in [9.17, 15) is 23.2 Å². The van der Waals surface area contributed by atoms with Gasteiger partial charge in [0.05, 0.1) is 10.0 Å². The predicted octanol–water partition coefficient (Wildman–Crippen LogP) is 5.89. The number of hydrogen-bond acceptors (Lipinski definition) is 4. The molecule has 3 rings (SSSR count). The Morgan fingerprint density at radius 2 is 1.28 bits per heavy atom. The molecule has 0 aliphatic rings. The van der Waals surface area contributed by atoms with Gasteiger partial charge in [-0.25, -0.2) is 0 Å². The summed E-state index contributed by atoms with van der Waals surface area (Å²) in [5.41, 5.74) is -0.766. The van der Waals surface area contributed by atoms with Gasteiger partial charge in [0.1, 0.15) is 11.5 Å². The normalized spacial score (nSPS) is 13.8. The van der Waals surface area contributed by atoms with Crippen molar-refractivity contribution in [2.45, 2.75) is 4.75 Å². The van der Waals surface area contributed by atoms with Crippen LogP contribution in [-0.4, -0.2) is 23.2 Å². The zero-order chi connectivity index (χ0) is 21.6. The average molecular weight is 494 g/mol. The van der Waals surface area contributed by atoms with Gasteiger partial charge in [0, 0.05) is 21.2 Å². The summed E-state index contributed by atoms with van der Waals surface area (Å²) in [6.07, 6.45) is 0. The maximum atomic E-state index is 13.0. The second-order valence-electron chi connectivity index (χ2n) is 6.06. The molecule has 152 valence electrons. The van der Waals surface area contributed by atoms with Crippen LogP contribution >= 0.6 is 46.4 Å². The lowest BCUT2D eigenvalue weighted by molar-refractivity contribution is 0.440. The van der Waals surface area contributed by atoms with Crippen LogP contribution in [-0.2, 0) is 14.9 Å². The van der Waals surface area contributed by atoms with Crippen molar-refractivity contribution in [1.29, 1.82) is 0 Å². The first-order valence-electron chi connectivity index (χ1n) is 7.90. The molecule has 0 spiro atoms. The van der Waals surface area contributed by atoms with Gasteiger partial charge in [-0.2, -0.15) is 8.42 Å². The minimum Gasteiger partial charge on any atom is -0.508 e. The van der Waals surface area contributed by atoms with E-state index in [2.05, 4.69) is 0 Å². The summed E-state index contributed by atoms with van der Waals surface area (Å²) in [6.45, 7) is 0. The van der Waals surface area contributed by atoms with E-state index in [1.54, 1.807) is 0 Å². The Hall–Kier alpha value is -1.67. The van der Waals surface area contributed by atoms with Gasteiger partial charge in [0.25, 0.3) is 10.1 Å². The van der Waals surface area contributed by atoms with Gasteiger partial charge in [-0.1, -0.05) is 64.6 Å². The molecule has 3 aromatic carbocycles. The minimum atomic E-state index is -5.16. The number of phenols is 2. The summed E-state index contributed by atoms with van der Waals surface area (Å²) in [7, 11) is -5.16. The van der Waals surface area contributed by atoms with Gasteiger partial charge in [-0.05, 0) is 42.0 Å². The molecule has 0 fully saturated rings. The number of halogens is 4. The highest BCUT2D eigenvalue weighted by molar-refractivity contribution is 7.87. The van der Waals surface area contributed by atoms with Gasteiger partial charge >= 0.3 is 0 Å². The molecule has 29 heavy (non-hydrogen) atoms. The zero-order valence-electron chi connectivity index (χ0n) is 14.3. The Balaban J connectivity index is 2.68. The van der Waals surface area contributed by atoms with E-state index in [1.807, 2.05) is 0 Å². The first-order chi connectivity index (χ1) is 13.5. The lowest BCUT2D eigenvalue weighted by Crippen LogP contribution is -2.39. The Morgan fingerprint density at radius 1 is 0.724 bits per heavy atom. The second kappa shape index (κ2) is 7.87. The van der Waals surface area contributed by atoms with Crippen molar-refractivity contribution < 1.29 is 23.2 Å². The Kier molecular flexibility index (Phi) is 5.98. The van der Waals surface area contributed by atoms with E-state index in [1.165, 1.54) is 54.6 Å². The molecule has 0 aromatic heterocycles. The van der Waals surface area contributed by atoms with Crippen LogP contribution in [0.1, 0.15) is 16.7 Å². The van der Waals surface area contributed by atoms with Crippen molar-refractivity contribution in [3.05, 3.63) is 91.4 Å². The van der Waals surface area contributed by atoms with Crippen molar-refractivity contribution in [1.82, 2.24) is 0 Å². The van der Waals surface area contributed by atoms with E-state index in [0.29, 0.717) is 0 Å². The molecule has 0 aliphatic heterocycles. The Bertz CT molecular complexity index is 1180. The fourth-order valence-electron chi connectivity index (χ4n) is 3.23. The van der Waals surface area contributed by atoms with Gasteiger partial charge < -0.3 is 10.2 Å². The highest BCUT2D eigenvalue weighted by Crippen LogP contribution is 2.54. The van der Waals surface area contributed by atoms with Gasteiger partial charge in [0.2, 0.25) is 0 Å². The van der Waals surface area contributed by atoms with Crippen LogP contribution in [0.5, 0.6) is 11.5 Å². The van der Waals surface area contributed by atoms with E-state index < -0.39 is 20.6 Å². The standard InChI is InChI=1S/C19H12Cl4O5S/c20-12-2-1-3-15(25)16(12)19(29(26,27)28,10-4-6-11(24)7-5-10)17-13(21)8-9-14(22)18(17)23/h1-9,24-25H,(H,26,27,28). The van der Waals surface area contributed by atoms with Crippen LogP contribution in [0.2, 0.25) is 20.1 Å². The molecule has 0 aliphatic carbocycles. The molecule has 5 nitrogen and oxygen atoms in total. The Labute approximate surface area is 186 Å². The topological polar surface area (TPSA) is 94.8 Å². The molecule has 0 radical (unpaired) electrons. The fourth-order valence-corrected chi connectivity index (χ4v) is 5.90. The van der Waals surface area contributed by atoms with E-state index in [4.69, 9.17) is 46.4 Å². The summed E-state index contributed by atoms with van der Waals surface area (Å²) >= 11 is 25.1. The van der Waals surface area contributed by atoms with Crippen LogP contribution in [0, 0.1) is 0 Å². The van der Waals surface area contributed by atoms with Crippen LogP contribution in [0.25, 0.3) is 0 Å². The highest BCUT2D eigenvalue weighted by atomic mass is 35.5. The van der Waals surface area contributed by atoms with Crippen LogP contribution < -0.4 is 0 Å². The molecule has 1 atom stereocenters. The largest absolute Gasteiger partial charge is 0.508 e. The molecule has 3 aromatic rings. The molecule has 0 saturated heterocycles. The quantitative estimate of drug-likeness (QED) is 0.239. The number of phenolic OH excluding ortho intramolecular Hbond substituents is 2. The monoisotopic (exact) mass is 492 g/mol. The summed E-state index contributed by atoms with van der Waals surface area (Å²) in [5.74, 6) is -0.694. The third-order valence-corrected chi connectivity index (χ3v) is 7.25. The minimum absolute atomic E-state index is 0.0376. The van der Waals surface area contributed by atoms with E-state index >= 15 is 0 Å². The van der Waals surface area contributed by atoms with E-state index in [-0.39, 0.29) is 42.5 Å². The van der Waals surface area contributed by atoms with Crippen molar-refractivity contribution >= 4 is 56.5 Å². The van der Waals surface area contributed by atoms with Crippen molar-refractivity contribution in [2.75, 3.05) is 0 Å². The molecule has 10 heteroatoms. The van der Waals surface area contributed by atoms with E-state index in [0.717, 1.165) is 0 Å². The fraction of sp³-hybridized carbons (Fsp3) is 0.0526. The molecule has 0 saturated carbocycles. The van der Waals surface area contributed by atoms with Crippen LogP contribution in [0.15, 0.2) is 54.6 Å². The summed E-state index contributed by atoms with van der Waals surface area (Å²) < 4.78 is 34.0. The van der Waals surface area contributed by atoms with Gasteiger partial charge in [-0.15, -0.1) is 0 Å². The highest BCUT2D eigenvalue weighted by Gasteiger charge is 2.53. The molecular weight excluding hydrogens is 482 g/mol. The number of benzene rings is 3.